The molecule has 24 heavy (non-hydrogen) atoms. The highest BCUT2D eigenvalue weighted by Crippen LogP contribution is 2.20. The van der Waals surface area contributed by atoms with Crippen molar-refractivity contribution < 1.29 is 13.2 Å². The molecule has 1 N–H and O–H groups in total. The highest BCUT2D eigenvalue weighted by atomic mass is 32.2. The molecule has 7 nitrogen and oxygen atoms in total. The average molecular weight is 348 g/mol. The zero-order valence-electron chi connectivity index (χ0n) is 13.5. The second-order valence-electron chi connectivity index (χ2n) is 5.61. The lowest BCUT2D eigenvalue weighted by atomic mass is 10.1. The second-order valence-corrected chi connectivity index (χ2v) is 7.29. The van der Waals surface area contributed by atoms with E-state index in [-0.39, 0.29) is 10.7 Å². The molecule has 0 aliphatic carbocycles. The fraction of sp³-hybridized carbons (Fsp3) is 0.375. The van der Waals surface area contributed by atoms with Crippen molar-refractivity contribution in [1.82, 2.24) is 10.2 Å². The van der Waals surface area contributed by atoms with Gasteiger partial charge in [-0.05, 0) is 55.7 Å². The first kappa shape index (κ1) is 16.5. The van der Waals surface area contributed by atoms with Crippen LogP contribution in [0, 0.1) is 0 Å². The fourth-order valence-corrected chi connectivity index (χ4v) is 3.62. The van der Waals surface area contributed by atoms with Crippen molar-refractivity contribution in [2.75, 3.05) is 29.8 Å². The van der Waals surface area contributed by atoms with E-state index in [0.717, 1.165) is 31.7 Å². The topological polar surface area (TPSA) is 84.4 Å². The molecular weight excluding hydrogens is 328 g/mol. The lowest BCUT2D eigenvalue weighted by Crippen LogP contribution is -2.30. The molecule has 0 bridgehead atoms. The molecule has 2 aromatic rings. The summed E-state index contributed by atoms with van der Waals surface area (Å²) in [6.07, 6.45) is 3.53. The Kier molecular flexibility index (Phi) is 4.84. The number of hydrogen-bond donors (Lipinski definition) is 1. The summed E-state index contributed by atoms with van der Waals surface area (Å²) in [5.41, 5.74) is 0. The number of hydrogen-bond acceptors (Lipinski definition) is 6. The number of aromatic nitrogens is 2. The molecule has 0 atom stereocenters. The lowest BCUT2D eigenvalue weighted by molar-refractivity contribution is 0.414. The van der Waals surface area contributed by atoms with Crippen LogP contribution in [-0.4, -0.2) is 38.8 Å². The maximum absolute atomic E-state index is 12.4. The van der Waals surface area contributed by atoms with Crippen molar-refractivity contribution in [3.63, 3.8) is 0 Å². The van der Waals surface area contributed by atoms with Gasteiger partial charge in [0.2, 0.25) is 0 Å². The summed E-state index contributed by atoms with van der Waals surface area (Å²) < 4.78 is 32.2. The van der Waals surface area contributed by atoms with Crippen LogP contribution < -0.4 is 14.4 Å². The third-order valence-electron chi connectivity index (χ3n) is 3.94. The number of methoxy groups -OCH3 is 1. The van der Waals surface area contributed by atoms with Crippen LogP contribution in [0.3, 0.4) is 0 Å². The number of nitrogens with one attached hydrogen (secondary N) is 1. The van der Waals surface area contributed by atoms with Gasteiger partial charge in [-0.25, -0.2) is 8.42 Å². The standard InChI is InChI=1S/C16H20N4O3S/c1-23-13-5-7-14(8-6-13)24(21,22)19-15-9-10-16(18-17-15)20-11-3-2-4-12-20/h5-10H,2-4,11-12H2,1H3,(H,17,19). The van der Waals surface area contributed by atoms with Crippen molar-refractivity contribution in [3.8, 4) is 5.75 Å². The van der Waals surface area contributed by atoms with Crippen LogP contribution in [0.15, 0.2) is 41.3 Å². The van der Waals surface area contributed by atoms with Crippen LogP contribution in [0.25, 0.3) is 0 Å². The molecule has 1 aliphatic heterocycles. The molecule has 3 rings (SSSR count). The van der Waals surface area contributed by atoms with E-state index in [2.05, 4.69) is 19.8 Å². The molecule has 1 aliphatic rings. The molecule has 8 heteroatoms. The van der Waals surface area contributed by atoms with Gasteiger partial charge in [0.05, 0.1) is 12.0 Å². The molecule has 1 aromatic heterocycles. The summed E-state index contributed by atoms with van der Waals surface area (Å²) >= 11 is 0. The van der Waals surface area contributed by atoms with Crippen LogP contribution in [0.2, 0.25) is 0 Å². The number of sulfonamides is 1. The van der Waals surface area contributed by atoms with Gasteiger partial charge >= 0.3 is 0 Å². The highest BCUT2D eigenvalue weighted by molar-refractivity contribution is 7.92. The zero-order valence-corrected chi connectivity index (χ0v) is 14.3. The number of piperidine rings is 1. The van der Waals surface area contributed by atoms with E-state index < -0.39 is 10.0 Å². The van der Waals surface area contributed by atoms with Crippen molar-refractivity contribution in [1.29, 1.82) is 0 Å². The summed E-state index contributed by atoms with van der Waals surface area (Å²) in [6, 6.07) is 9.59. The number of rotatable bonds is 5. The SMILES string of the molecule is COc1ccc(S(=O)(=O)Nc2ccc(N3CCCCC3)nn2)cc1. The third-order valence-corrected chi connectivity index (χ3v) is 5.31. The zero-order chi connectivity index (χ0) is 17.0. The molecular formula is C16H20N4O3S. The molecule has 0 spiro atoms. The highest BCUT2D eigenvalue weighted by Gasteiger charge is 2.16. The summed E-state index contributed by atoms with van der Waals surface area (Å²) in [6.45, 7) is 1.93. The Balaban J connectivity index is 1.72. The van der Waals surface area contributed by atoms with E-state index in [0.29, 0.717) is 5.75 Å². The maximum atomic E-state index is 12.4. The minimum Gasteiger partial charge on any atom is -0.497 e. The van der Waals surface area contributed by atoms with Gasteiger partial charge in [-0.2, -0.15) is 0 Å². The monoisotopic (exact) mass is 348 g/mol. The number of benzene rings is 1. The van der Waals surface area contributed by atoms with E-state index in [1.54, 1.807) is 24.3 Å². The molecule has 0 radical (unpaired) electrons. The van der Waals surface area contributed by atoms with Gasteiger partial charge in [-0.3, -0.25) is 4.72 Å². The van der Waals surface area contributed by atoms with Gasteiger partial charge in [-0.15, -0.1) is 10.2 Å². The second kappa shape index (κ2) is 7.04. The predicted molar refractivity (Wildman–Crippen MR) is 91.9 cm³/mol. The molecule has 0 unspecified atom stereocenters. The fourth-order valence-electron chi connectivity index (χ4n) is 2.62. The molecule has 1 fully saturated rings. The average Bonchev–Trinajstić information content (AvgIpc) is 2.63. The lowest BCUT2D eigenvalue weighted by Gasteiger charge is -2.27. The van der Waals surface area contributed by atoms with E-state index >= 15 is 0 Å². The minimum atomic E-state index is -3.70. The van der Waals surface area contributed by atoms with E-state index in [1.165, 1.54) is 25.7 Å². The maximum Gasteiger partial charge on any atom is 0.263 e. The quantitative estimate of drug-likeness (QED) is 0.892. The van der Waals surface area contributed by atoms with E-state index in [1.807, 2.05) is 0 Å². The van der Waals surface area contributed by atoms with Crippen LogP contribution in [-0.2, 0) is 10.0 Å². The summed E-state index contributed by atoms with van der Waals surface area (Å²) in [7, 11) is -2.17. The van der Waals surface area contributed by atoms with Crippen molar-refractivity contribution >= 4 is 21.7 Å². The van der Waals surface area contributed by atoms with Gasteiger partial charge in [0.15, 0.2) is 11.6 Å². The first-order valence-electron chi connectivity index (χ1n) is 7.84. The Morgan fingerprint density at radius 1 is 1.00 bits per heavy atom. The van der Waals surface area contributed by atoms with Gasteiger partial charge in [0.1, 0.15) is 5.75 Å². The van der Waals surface area contributed by atoms with Gasteiger partial charge in [0, 0.05) is 13.1 Å². The smallest absolute Gasteiger partial charge is 0.263 e. The Labute approximate surface area is 141 Å². The summed E-state index contributed by atoms with van der Waals surface area (Å²) in [5.74, 6) is 1.58. The van der Waals surface area contributed by atoms with Crippen molar-refractivity contribution in [2.24, 2.45) is 0 Å². The summed E-state index contributed by atoms with van der Waals surface area (Å²) in [4.78, 5) is 2.31. The molecule has 2 heterocycles. The van der Waals surface area contributed by atoms with Crippen molar-refractivity contribution in [3.05, 3.63) is 36.4 Å². The Bertz CT molecular complexity index is 770. The van der Waals surface area contributed by atoms with Gasteiger partial charge < -0.3 is 9.64 Å². The van der Waals surface area contributed by atoms with Crippen LogP contribution in [0.4, 0.5) is 11.6 Å². The van der Waals surface area contributed by atoms with Crippen LogP contribution in [0.5, 0.6) is 5.75 Å². The van der Waals surface area contributed by atoms with Gasteiger partial charge in [-0.1, -0.05) is 0 Å². The number of ether oxygens (including phenoxy) is 1. The largest absolute Gasteiger partial charge is 0.497 e. The van der Waals surface area contributed by atoms with Crippen LogP contribution in [0.1, 0.15) is 19.3 Å². The molecule has 1 aromatic carbocycles. The Morgan fingerprint density at radius 3 is 2.29 bits per heavy atom. The number of nitrogens with zero attached hydrogens (tertiary/aromatic N) is 3. The Hall–Kier alpha value is -2.35. The molecule has 128 valence electrons. The van der Waals surface area contributed by atoms with Gasteiger partial charge in [0.25, 0.3) is 10.0 Å². The van der Waals surface area contributed by atoms with E-state index in [9.17, 15) is 8.42 Å². The predicted octanol–water partition coefficient (Wildman–Crippen LogP) is 2.28. The minimum absolute atomic E-state index is 0.144. The molecule has 1 saturated heterocycles. The number of anilines is 2. The van der Waals surface area contributed by atoms with Crippen molar-refractivity contribution in [2.45, 2.75) is 24.2 Å². The molecule has 0 saturated carbocycles. The van der Waals surface area contributed by atoms with Crippen LogP contribution >= 0.6 is 0 Å². The summed E-state index contributed by atoms with van der Waals surface area (Å²) in [5, 5.41) is 8.13. The first-order chi connectivity index (χ1) is 11.6. The Morgan fingerprint density at radius 2 is 1.71 bits per heavy atom. The first-order valence-corrected chi connectivity index (χ1v) is 9.32. The third kappa shape index (κ3) is 3.76. The normalized spacial score (nSPS) is 15.1. The molecule has 0 amide bonds. The van der Waals surface area contributed by atoms with E-state index in [4.69, 9.17) is 4.74 Å².